The standard InChI is InChI=1S/C34H40Cl2N2O5/c1-18(2)16-38(30(41)13-20-4-7-24(35)25(36)12-20)26-8-6-23-27-14-21-5-9-29(42-19(3)39)32-31(21)34(23,33(26)43-32)10-11-37(27)17-22-15-28(22)40/h4-5,7,9,12,18,22-23,26-28,33,40H,6,8,10-11,13-17H2,1-3H3/t22?,23-,26-,27+,28?,33-,34-/m0/s1. The van der Waals surface area contributed by atoms with Crippen molar-refractivity contribution >= 4 is 35.1 Å². The molecule has 1 spiro atoms. The molecule has 230 valence electrons. The lowest BCUT2D eigenvalue weighted by molar-refractivity contribution is -0.143. The van der Waals surface area contributed by atoms with Crippen LogP contribution in [0.1, 0.15) is 63.1 Å². The zero-order chi connectivity index (χ0) is 30.2. The molecule has 3 fully saturated rings. The lowest BCUT2D eigenvalue weighted by Crippen LogP contribution is -2.69. The van der Waals surface area contributed by atoms with Gasteiger partial charge in [0.2, 0.25) is 5.91 Å². The minimum atomic E-state index is -0.370. The lowest BCUT2D eigenvalue weighted by atomic mass is 9.51. The molecule has 1 saturated heterocycles. The molecule has 5 aliphatic rings. The van der Waals surface area contributed by atoms with Crippen LogP contribution in [-0.4, -0.2) is 70.7 Å². The van der Waals surface area contributed by atoms with E-state index in [2.05, 4.69) is 29.7 Å². The summed E-state index contributed by atoms with van der Waals surface area (Å²) in [6.07, 6.45) is 4.40. The van der Waals surface area contributed by atoms with E-state index in [9.17, 15) is 14.7 Å². The number of hydrogen-bond acceptors (Lipinski definition) is 6. The van der Waals surface area contributed by atoms with Gasteiger partial charge in [0.15, 0.2) is 11.5 Å². The topological polar surface area (TPSA) is 79.3 Å². The normalized spacial score (nSPS) is 31.8. The number of carbonyl (C=O) groups excluding carboxylic acids is 2. The SMILES string of the molecule is CC(=O)Oc1ccc2c3c1O[C@H]1[C@@H](N(CC(C)C)C(=O)Cc4ccc(Cl)c(Cl)c4)CC[C@H]4[C@@H](C2)N(CC2CC2O)CC[C@@]341. The molecule has 7 rings (SSSR count). The molecule has 43 heavy (non-hydrogen) atoms. The first-order chi connectivity index (χ1) is 20.6. The van der Waals surface area contributed by atoms with E-state index in [0.717, 1.165) is 50.8 Å². The van der Waals surface area contributed by atoms with Gasteiger partial charge in [0.1, 0.15) is 6.10 Å². The van der Waals surface area contributed by atoms with Gasteiger partial charge in [0.05, 0.1) is 28.6 Å². The number of esters is 1. The second kappa shape index (κ2) is 10.9. The fraction of sp³-hybridized carbons (Fsp3) is 0.588. The van der Waals surface area contributed by atoms with Gasteiger partial charge >= 0.3 is 5.97 Å². The molecule has 1 amide bonds. The third-order valence-corrected chi connectivity index (χ3v) is 11.4. The summed E-state index contributed by atoms with van der Waals surface area (Å²) in [7, 11) is 0. The zero-order valence-corrected chi connectivity index (χ0v) is 26.5. The minimum absolute atomic E-state index is 0.0550. The van der Waals surface area contributed by atoms with Gasteiger partial charge in [-0.25, -0.2) is 0 Å². The Labute approximate surface area is 263 Å². The average Bonchev–Trinajstić information content (AvgIpc) is 3.53. The van der Waals surface area contributed by atoms with Crippen molar-refractivity contribution in [2.75, 3.05) is 19.6 Å². The molecule has 2 aromatic rings. The quantitative estimate of drug-likeness (QED) is 0.311. The first-order valence-corrected chi connectivity index (χ1v) is 16.5. The molecule has 2 aliphatic heterocycles. The van der Waals surface area contributed by atoms with Crippen LogP contribution >= 0.6 is 23.2 Å². The van der Waals surface area contributed by atoms with Crippen molar-refractivity contribution in [2.24, 2.45) is 17.8 Å². The summed E-state index contributed by atoms with van der Waals surface area (Å²) < 4.78 is 12.7. The van der Waals surface area contributed by atoms with Crippen LogP contribution in [0.15, 0.2) is 30.3 Å². The van der Waals surface area contributed by atoms with Crippen LogP contribution in [0.5, 0.6) is 11.5 Å². The second-order valence-corrected chi connectivity index (χ2v) is 14.6. The van der Waals surface area contributed by atoms with Gasteiger partial charge in [-0.1, -0.05) is 49.2 Å². The van der Waals surface area contributed by atoms with E-state index in [0.29, 0.717) is 46.0 Å². The molecule has 2 bridgehead atoms. The predicted molar refractivity (Wildman–Crippen MR) is 165 cm³/mol. The van der Waals surface area contributed by atoms with Crippen LogP contribution in [0.4, 0.5) is 0 Å². The fourth-order valence-electron chi connectivity index (χ4n) is 8.84. The van der Waals surface area contributed by atoms with Gasteiger partial charge in [-0.2, -0.15) is 0 Å². The fourth-order valence-corrected chi connectivity index (χ4v) is 9.16. The van der Waals surface area contributed by atoms with Gasteiger partial charge in [-0.3, -0.25) is 14.5 Å². The van der Waals surface area contributed by atoms with E-state index in [4.69, 9.17) is 32.7 Å². The Morgan fingerprint density at radius 3 is 2.67 bits per heavy atom. The van der Waals surface area contributed by atoms with E-state index >= 15 is 0 Å². The monoisotopic (exact) mass is 626 g/mol. The third-order valence-electron chi connectivity index (χ3n) is 10.6. The number of carbonyl (C=O) groups is 2. The van der Waals surface area contributed by atoms with Crippen molar-refractivity contribution in [3.8, 4) is 11.5 Å². The molecule has 3 aliphatic carbocycles. The minimum Gasteiger partial charge on any atom is -0.483 e. The molecule has 2 heterocycles. The average molecular weight is 628 g/mol. The molecule has 2 saturated carbocycles. The van der Waals surface area contributed by atoms with Gasteiger partial charge in [-0.15, -0.1) is 0 Å². The summed E-state index contributed by atoms with van der Waals surface area (Å²) in [5.74, 6) is 1.86. The van der Waals surface area contributed by atoms with Gasteiger partial charge in [0.25, 0.3) is 0 Å². The Bertz CT molecular complexity index is 1460. The number of nitrogens with zero attached hydrogens (tertiary/aromatic N) is 2. The van der Waals surface area contributed by atoms with E-state index in [-0.39, 0.29) is 47.9 Å². The van der Waals surface area contributed by atoms with Crippen molar-refractivity contribution in [3.63, 3.8) is 0 Å². The van der Waals surface area contributed by atoms with E-state index in [1.54, 1.807) is 12.1 Å². The van der Waals surface area contributed by atoms with Crippen molar-refractivity contribution in [3.05, 3.63) is 57.1 Å². The molecule has 7 nitrogen and oxygen atoms in total. The number of halogens is 2. The van der Waals surface area contributed by atoms with Crippen LogP contribution in [0.25, 0.3) is 0 Å². The van der Waals surface area contributed by atoms with E-state index in [1.165, 1.54) is 18.1 Å². The molecule has 0 aromatic heterocycles. The first kappa shape index (κ1) is 29.4. The first-order valence-electron chi connectivity index (χ1n) is 15.7. The smallest absolute Gasteiger partial charge is 0.308 e. The van der Waals surface area contributed by atoms with Crippen molar-refractivity contribution in [1.82, 2.24) is 9.80 Å². The highest BCUT2D eigenvalue weighted by molar-refractivity contribution is 6.42. The number of piperidine rings is 1. The predicted octanol–water partition coefficient (Wildman–Crippen LogP) is 5.43. The van der Waals surface area contributed by atoms with Gasteiger partial charge < -0.3 is 19.5 Å². The highest BCUT2D eigenvalue weighted by atomic mass is 35.5. The molecule has 2 aromatic carbocycles. The number of ether oxygens (including phenoxy) is 2. The zero-order valence-electron chi connectivity index (χ0n) is 25.0. The number of aliphatic hydroxyl groups excluding tert-OH is 1. The van der Waals surface area contributed by atoms with Crippen LogP contribution in [-0.2, 0) is 27.8 Å². The van der Waals surface area contributed by atoms with Crippen molar-refractivity contribution in [1.29, 1.82) is 0 Å². The molecule has 7 atom stereocenters. The van der Waals surface area contributed by atoms with E-state index in [1.807, 2.05) is 12.1 Å². The summed E-state index contributed by atoms with van der Waals surface area (Å²) in [6.45, 7) is 8.20. The number of amides is 1. The molecule has 0 radical (unpaired) electrons. The Morgan fingerprint density at radius 1 is 1.19 bits per heavy atom. The maximum atomic E-state index is 14.2. The Hall–Kier alpha value is -2.32. The highest BCUT2D eigenvalue weighted by Gasteiger charge is 2.67. The second-order valence-electron chi connectivity index (χ2n) is 13.8. The number of likely N-dealkylation sites (tertiary alicyclic amines) is 1. The highest BCUT2D eigenvalue weighted by Crippen LogP contribution is 2.64. The lowest BCUT2D eigenvalue weighted by Gasteiger charge is -2.60. The Morgan fingerprint density at radius 2 is 1.98 bits per heavy atom. The van der Waals surface area contributed by atoms with Crippen LogP contribution in [0.3, 0.4) is 0 Å². The number of benzene rings is 2. The molecule has 2 unspecified atom stereocenters. The maximum Gasteiger partial charge on any atom is 0.308 e. The summed E-state index contributed by atoms with van der Waals surface area (Å²) in [6, 6.07) is 9.64. The van der Waals surface area contributed by atoms with Crippen LogP contribution in [0.2, 0.25) is 10.0 Å². The number of aliphatic hydroxyl groups is 1. The molecule has 9 heteroatoms. The van der Waals surface area contributed by atoms with E-state index < -0.39 is 0 Å². The molecular formula is C34H40Cl2N2O5. The maximum absolute atomic E-state index is 14.2. The largest absolute Gasteiger partial charge is 0.483 e. The van der Waals surface area contributed by atoms with Gasteiger partial charge in [-0.05, 0) is 79.8 Å². The summed E-state index contributed by atoms with van der Waals surface area (Å²) in [5, 5.41) is 11.1. The molecule has 1 N–H and O–H groups in total. The molecular weight excluding hydrogens is 587 g/mol. The summed E-state index contributed by atoms with van der Waals surface area (Å²) >= 11 is 12.5. The number of rotatable bonds is 8. The number of hydrogen-bond donors (Lipinski definition) is 1. The summed E-state index contributed by atoms with van der Waals surface area (Å²) in [4.78, 5) is 31.0. The van der Waals surface area contributed by atoms with Crippen LogP contribution in [0, 0.1) is 17.8 Å². The Kier molecular flexibility index (Phi) is 7.48. The van der Waals surface area contributed by atoms with Crippen molar-refractivity contribution in [2.45, 2.75) is 89.0 Å². The van der Waals surface area contributed by atoms with Crippen LogP contribution < -0.4 is 9.47 Å². The Balaban J connectivity index is 1.27. The third kappa shape index (κ3) is 4.95. The van der Waals surface area contributed by atoms with Gasteiger partial charge in [0, 0.05) is 43.0 Å². The summed E-state index contributed by atoms with van der Waals surface area (Å²) in [5.41, 5.74) is 3.04. The van der Waals surface area contributed by atoms with Crippen molar-refractivity contribution < 1.29 is 24.2 Å².